The monoisotopic (exact) mass is 343 g/mol. The van der Waals surface area contributed by atoms with E-state index in [4.69, 9.17) is 10.5 Å². The first-order valence-corrected chi connectivity index (χ1v) is 8.43. The fourth-order valence-corrected chi connectivity index (χ4v) is 3.18. The summed E-state index contributed by atoms with van der Waals surface area (Å²) >= 11 is 0. The molecule has 2 aromatic rings. The Morgan fingerprint density at radius 2 is 2.00 bits per heavy atom. The number of rotatable bonds is 4. The van der Waals surface area contributed by atoms with E-state index in [0.717, 1.165) is 36.8 Å². The number of nitrogens with one attached hydrogen (secondary N) is 1. The SMILES string of the molecule is COc1cc(F)ccc1-c1ccnc(NC(=O)[C@H]2CC[C@@H](N)CC2)c1. The van der Waals surface area contributed by atoms with Gasteiger partial charge >= 0.3 is 0 Å². The molecule has 132 valence electrons. The lowest BCUT2D eigenvalue weighted by molar-refractivity contribution is -0.120. The van der Waals surface area contributed by atoms with Gasteiger partial charge < -0.3 is 15.8 Å². The molecule has 0 spiro atoms. The van der Waals surface area contributed by atoms with Gasteiger partial charge in [-0.3, -0.25) is 4.79 Å². The number of hydrogen-bond acceptors (Lipinski definition) is 4. The van der Waals surface area contributed by atoms with Crippen molar-refractivity contribution in [3.05, 3.63) is 42.3 Å². The van der Waals surface area contributed by atoms with Crippen molar-refractivity contribution in [2.75, 3.05) is 12.4 Å². The number of anilines is 1. The van der Waals surface area contributed by atoms with Crippen LogP contribution >= 0.6 is 0 Å². The van der Waals surface area contributed by atoms with Crippen molar-refractivity contribution >= 4 is 11.7 Å². The average Bonchev–Trinajstić information content (AvgIpc) is 2.62. The van der Waals surface area contributed by atoms with Gasteiger partial charge in [-0.2, -0.15) is 0 Å². The molecule has 5 nitrogen and oxygen atoms in total. The molecule has 3 N–H and O–H groups in total. The van der Waals surface area contributed by atoms with Gasteiger partial charge in [0.1, 0.15) is 17.4 Å². The predicted octanol–water partition coefficient (Wildman–Crippen LogP) is 3.35. The largest absolute Gasteiger partial charge is 0.496 e. The Balaban J connectivity index is 1.77. The number of nitrogens with zero attached hydrogens (tertiary/aromatic N) is 1. The van der Waals surface area contributed by atoms with Crippen molar-refractivity contribution in [1.29, 1.82) is 0 Å². The third kappa shape index (κ3) is 4.14. The number of halogens is 1. The quantitative estimate of drug-likeness (QED) is 0.892. The van der Waals surface area contributed by atoms with Crippen LogP contribution in [0, 0.1) is 11.7 Å². The Hall–Kier alpha value is -2.47. The summed E-state index contributed by atoms with van der Waals surface area (Å²) in [5.74, 6) is 0.500. The molecular weight excluding hydrogens is 321 g/mol. The topological polar surface area (TPSA) is 77.2 Å². The number of aromatic nitrogens is 1. The highest BCUT2D eigenvalue weighted by molar-refractivity contribution is 5.92. The van der Waals surface area contributed by atoms with Crippen LogP contribution in [-0.4, -0.2) is 24.0 Å². The van der Waals surface area contributed by atoms with Gasteiger partial charge in [-0.1, -0.05) is 0 Å². The lowest BCUT2D eigenvalue weighted by Gasteiger charge is -2.25. The van der Waals surface area contributed by atoms with Gasteiger partial charge in [0.15, 0.2) is 0 Å². The molecule has 0 bridgehead atoms. The first-order valence-electron chi connectivity index (χ1n) is 8.43. The van der Waals surface area contributed by atoms with E-state index in [0.29, 0.717) is 11.6 Å². The van der Waals surface area contributed by atoms with Crippen LogP contribution in [0.25, 0.3) is 11.1 Å². The zero-order valence-electron chi connectivity index (χ0n) is 14.2. The Morgan fingerprint density at radius 3 is 2.72 bits per heavy atom. The second-order valence-corrected chi connectivity index (χ2v) is 6.38. The molecule has 1 amide bonds. The molecule has 0 aliphatic heterocycles. The van der Waals surface area contributed by atoms with E-state index in [1.54, 1.807) is 24.4 Å². The number of methoxy groups -OCH3 is 1. The van der Waals surface area contributed by atoms with E-state index in [1.165, 1.54) is 19.2 Å². The fraction of sp³-hybridized carbons (Fsp3) is 0.368. The van der Waals surface area contributed by atoms with Crippen molar-refractivity contribution in [3.63, 3.8) is 0 Å². The first kappa shape index (κ1) is 17.4. The van der Waals surface area contributed by atoms with Gasteiger partial charge in [0, 0.05) is 29.8 Å². The summed E-state index contributed by atoms with van der Waals surface area (Å²) in [7, 11) is 1.50. The van der Waals surface area contributed by atoms with Crippen molar-refractivity contribution in [2.24, 2.45) is 11.7 Å². The zero-order valence-corrected chi connectivity index (χ0v) is 14.2. The van der Waals surface area contributed by atoms with E-state index in [1.807, 2.05) is 0 Å². The maximum absolute atomic E-state index is 13.4. The number of benzene rings is 1. The molecule has 0 radical (unpaired) electrons. The van der Waals surface area contributed by atoms with Gasteiger partial charge in [-0.05, 0) is 55.5 Å². The standard InChI is InChI=1S/C19H22FN3O2/c1-25-17-11-14(20)4-7-16(17)13-8-9-22-18(10-13)23-19(24)12-2-5-15(21)6-3-12/h4,7-12,15H,2-3,5-6,21H2,1H3,(H,22,23,24)/t12-,15+. The number of carbonyl (C=O) groups is 1. The minimum absolute atomic E-state index is 0.0226. The summed E-state index contributed by atoms with van der Waals surface area (Å²) in [5.41, 5.74) is 7.43. The molecule has 6 heteroatoms. The molecule has 1 aliphatic rings. The second-order valence-electron chi connectivity index (χ2n) is 6.38. The summed E-state index contributed by atoms with van der Waals surface area (Å²) in [5, 5.41) is 2.88. The van der Waals surface area contributed by atoms with Gasteiger partial charge in [0.2, 0.25) is 5.91 Å². The number of hydrogen-bond donors (Lipinski definition) is 2. The molecule has 1 aromatic heterocycles. The van der Waals surface area contributed by atoms with E-state index in [-0.39, 0.29) is 23.7 Å². The molecule has 0 unspecified atom stereocenters. The minimum atomic E-state index is -0.362. The normalized spacial score (nSPS) is 20.1. The smallest absolute Gasteiger partial charge is 0.228 e. The molecule has 25 heavy (non-hydrogen) atoms. The molecule has 1 aliphatic carbocycles. The molecule has 1 heterocycles. The van der Waals surface area contributed by atoms with Crippen LogP contribution in [0.3, 0.4) is 0 Å². The zero-order chi connectivity index (χ0) is 17.8. The first-order chi connectivity index (χ1) is 12.1. The molecule has 0 atom stereocenters. The van der Waals surface area contributed by atoms with Crippen LogP contribution < -0.4 is 15.8 Å². The Kier molecular flexibility index (Phi) is 5.28. The van der Waals surface area contributed by atoms with Crippen molar-refractivity contribution < 1.29 is 13.9 Å². The van der Waals surface area contributed by atoms with E-state index in [9.17, 15) is 9.18 Å². The Morgan fingerprint density at radius 1 is 1.24 bits per heavy atom. The van der Waals surface area contributed by atoms with Gasteiger partial charge in [-0.25, -0.2) is 9.37 Å². The highest BCUT2D eigenvalue weighted by Gasteiger charge is 2.24. The molecule has 1 saturated carbocycles. The van der Waals surface area contributed by atoms with Crippen molar-refractivity contribution in [1.82, 2.24) is 4.98 Å². The highest BCUT2D eigenvalue weighted by Crippen LogP contribution is 2.31. The Labute approximate surface area is 146 Å². The molecular formula is C19H22FN3O2. The van der Waals surface area contributed by atoms with Crippen molar-refractivity contribution in [3.8, 4) is 16.9 Å². The summed E-state index contributed by atoms with van der Waals surface area (Å²) in [6.07, 6.45) is 4.97. The van der Waals surface area contributed by atoms with Crippen LogP contribution in [0.5, 0.6) is 5.75 Å². The average molecular weight is 343 g/mol. The third-order valence-corrected chi connectivity index (χ3v) is 4.63. The van der Waals surface area contributed by atoms with Crippen molar-refractivity contribution in [2.45, 2.75) is 31.7 Å². The number of carbonyl (C=O) groups excluding carboxylic acids is 1. The van der Waals surface area contributed by atoms with Crippen LogP contribution in [0.1, 0.15) is 25.7 Å². The molecule has 0 saturated heterocycles. The highest BCUT2D eigenvalue weighted by atomic mass is 19.1. The predicted molar refractivity (Wildman–Crippen MR) is 94.7 cm³/mol. The van der Waals surface area contributed by atoms with Crippen LogP contribution in [-0.2, 0) is 4.79 Å². The second kappa shape index (κ2) is 7.61. The summed E-state index contributed by atoms with van der Waals surface area (Å²) in [4.78, 5) is 16.6. The lowest BCUT2D eigenvalue weighted by atomic mass is 9.86. The van der Waals surface area contributed by atoms with E-state index < -0.39 is 0 Å². The van der Waals surface area contributed by atoms with E-state index in [2.05, 4.69) is 10.3 Å². The third-order valence-electron chi connectivity index (χ3n) is 4.63. The fourth-order valence-electron chi connectivity index (χ4n) is 3.18. The molecule has 3 rings (SSSR count). The summed E-state index contributed by atoms with van der Waals surface area (Å²) in [6.45, 7) is 0. The van der Waals surface area contributed by atoms with Crippen LogP contribution in [0.2, 0.25) is 0 Å². The maximum atomic E-state index is 13.4. The number of ether oxygens (including phenoxy) is 1. The van der Waals surface area contributed by atoms with E-state index >= 15 is 0 Å². The summed E-state index contributed by atoms with van der Waals surface area (Å²) in [6, 6.07) is 8.13. The van der Waals surface area contributed by atoms with Gasteiger partial charge in [0.25, 0.3) is 0 Å². The van der Waals surface area contributed by atoms with Gasteiger partial charge in [0.05, 0.1) is 7.11 Å². The number of amides is 1. The summed E-state index contributed by atoms with van der Waals surface area (Å²) < 4.78 is 18.6. The molecule has 1 aromatic carbocycles. The lowest BCUT2D eigenvalue weighted by Crippen LogP contribution is -2.32. The van der Waals surface area contributed by atoms with Gasteiger partial charge in [-0.15, -0.1) is 0 Å². The Bertz CT molecular complexity index is 758. The minimum Gasteiger partial charge on any atom is -0.496 e. The maximum Gasteiger partial charge on any atom is 0.228 e. The molecule has 1 fully saturated rings. The number of nitrogens with two attached hydrogens (primary N) is 1. The van der Waals surface area contributed by atoms with Crippen LogP contribution in [0.4, 0.5) is 10.2 Å². The number of pyridine rings is 1. The van der Waals surface area contributed by atoms with Crippen LogP contribution in [0.15, 0.2) is 36.5 Å².